The summed E-state index contributed by atoms with van der Waals surface area (Å²) in [6, 6.07) is -0.259. The molecule has 0 aromatic carbocycles. The van der Waals surface area contributed by atoms with Crippen molar-refractivity contribution in [1.82, 2.24) is 10.2 Å². The van der Waals surface area contributed by atoms with Gasteiger partial charge >= 0.3 is 0 Å². The van der Waals surface area contributed by atoms with E-state index >= 15 is 0 Å². The SMILES string of the molecule is CC1(C)COCCN1C(=O)CC1CS(=O)(=O)CCN1. The summed E-state index contributed by atoms with van der Waals surface area (Å²) >= 11 is 0. The molecule has 110 valence electrons. The van der Waals surface area contributed by atoms with Gasteiger partial charge in [-0.1, -0.05) is 0 Å². The Kier molecular flexibility index (Phi) is 4.17. The van der Waals surface area contributed by atoms with Gasteiger partial charge in [-0.05, 0) is 13.8 Å². The van der Waals surface area contributed by atoms with Crippen LogP contribution in [0.25, 0.3) is 0 Å². The molecule has 0 aliphatic carbocycles. The number of hydrogen-bond donors (Lipinski definition) is 1. The number of rotatable bonds is 2. The lowest BCUT2D eigenvalue weighted by atomic mass is 10.0. The maximum absolute atomic E-state index is 12.3. The first-order valence-electron chi connectivity index (χ1n) is 6.62. The van der Waals surface area contributed by atoms with Crippen LogP contribution in [0.15, 0.2) is 0 Å². The molecule has 0 aromatic heterocycles. The van der Waals surface area contributed by atoms with Crippen molar-refractivity contribution in [2.24, 2.45) is 0 Å². The fourth-order valence-corrected chi connectivity index (χ4v) is 4.08. The number of nitrogens with zero attached hydrogens (tertiary/aromatic N) is 1. The van der Waals surface area contributed by atoms with E-state index in [1.807, 2.05) is 13.8 Å². The van der Waals surface area contributed by atoms with Gasteiger partial charge in [0.1, 0.15) is 0 Å². The lowest BCUT2D eigenvalue weighted by Crippen LogP contribution is -2.57. The van der Waals surface area contributed by atoms with Crippen molar-refractivity contribution in [3.05, 3.63) is 0 Å². The zero-order valence-corrected chi connectivity index (χ0v) is 12.3. The van der Waals surface area contributed by atoms with E-state index in [2.05, 4.69) is 5.32 Å². The van der Waals surface area contributed by atoms with E-state index < -0.39 is 9.84 Å². The number of morpholine rings is 1. The molecule has 0 bridgehead atoms. The minimum absolute atomic E-state index is 0.00269. The van der Waals surface area contributed by atoms with Gasteiger partial charge in [0, 0.05) is 25.6 Å². The summed E-state index contributed by atoms with van der Waals surface area (Å²) in [4.78, 5) is 14.1. The molecule has 6 nitrogen and oxygen atoms in total. The van der Waals surface area contributed by atoms with Crippen molar-refractivity contribution in [3.8, 4) is 0 Å². The molecule has 1 atom stereocenters. The van der Waals surface area contributed by atoms with E-state index in [4.69, 9.17) is 4.74 Å². The van der Waals surface area contributed by atoms with Crippen LogP contribution in [0.4, 0.5) is 0 Å². The molecule has 0 aromatic rings. The van der Waals surface area contributed by atoms with Gasteiger partial charge in [0.05, 0.1) is 30.3 Å². The lowest BCUT2D eigenvalue weighted by molar-refractivity contribution is -0.146. The summed E-state index contributed by atoms with van der Waals surface area (Å²) in [5.41, 5.74) is -0.317. The molecule has 2 saturated heterocycles. The summed E-state index contributed by atoms with van der Waals surface area (Å²) in [5.74, 6) is 0.229. The van der Waals surface area contributed by atoms with Gasteiger partial charge in [0.2, 0.25) is 5.91 Å². The fraction of sp³-hybridized carbons (Fsp3) is 0.917. The Morgan fingerprint density at radius 1 is 1.47 bits per heavy atom. The summed E-state index contributed by atoms with van der Waals surface area (Å²) in [6.07, 6.45) is 0.239. The molecule has 2 aliphatic rings. The Bertz CT molecular complexity index is 447. The van der Waals surface area contributed by atoms with Crippen LogP contribution in [0.1, 0.15) is 20.3 Å². The quantitative estimate of drug-likeness (QED) is 0.735. The molecule has 2 aliphatic heterocycles. The largest absolute Gasteiger partial charge is 0.377 e. The molecule has 0 saturated carbocycles. The number of amides is 1. The maximum atomic E-state index is 12.3. The number of carbonyl (C=O) groups excluding carboxylic acids is 1. The topological polar surface area (TPSA) is 75.7 Å². The summed E-state index contributed by atoms with van der Waals surface area (Å²) < 4.78 is 28.5. The summed E-state index contributed by atoms with van der Waals surface area (Å²) in [5, 5.41) is 3.11. The van der Waals surface area contributed by atoms with Crippen LogP contribution < -0.4 is 5.32 Å². The molecule has 7 heteroatoms. The van der Waals surface area contributed by atoms with E-state index in [9.17, 15) is 13.2 Å². The van der Waals surface area contributed by atoms with Gasteiger partial charge < -0.3 is 15.0 Å². The number of sulfone groups is 1. The van der Waals surface area contributed by atoms with Crippen LogP contribution in [0.3, 0.4) is 0 Å². The van der Waals surface area contributed by atoms with Gasteiger partial charge in [-0.15, -0.1) is 0 Å². The molecule has 2 rings (SSSR count). The zero-order chi connectivity index (χ0) is 14.1. The molecular weight excluding hydrogens is 268 g/mol. The van der Waals surface area contributed by atoms with Crippen LogP contribution in [0, 0.1) is 0 Å². The summed E-state index contributed by atoms with van der Waals surface area (Å²) in [6.45, 7) is 6.02. The van der Waals surface area contributed by atoms with Crippen molar-refractivity contribution in [2.45, 2.75) is 31.8 Å². The van der Waals surface area contributed by atoms with Crippen LogP contribution in [0.2, 0.25) is 0 Å². The Balaban J connectivity index is 1.97. The first kappa shape index (κ1) is 14.7. The van der Waals surface area contributed by atoms with E-state index in [0.717, 1.165) is 0 Å². The number of carbonyl (C=O) groups is 1. The Morgan fingerprint density at radius 2 is 2.21 bits per heavy atom. The molecule has 0 spiro atoms. The highest BCUT2D eigenvalue weighted by molar-refractivity contribution is 7.91. The molecule has 19 heavy (non-hydrogen) atoms. The Labute approximate surface area is 114 Å². The number of hydrogen-bond acceptors (Lipinski definition) is 5. The van der Waals surface area contributed by atoms with E-state index in [0.29, 0.717) is 26.3 Å². The highest BCUT2D eigenvalue weighted by atomic mass is 32.2. The lowest BCUT2D eigenvalue weighted by Gasteiger charge is -2.42. The normalized spacial score (nSPS) is 30.0. The van der Waals surface area contributed by atoms with Gasteiger partial charge in [-0.3, -0.25) is 4.79 Å². The monoisotopic (exact) mass is 290 g/mol. The fourth-order valence-electron chi connectivity index (χ4n) is 2.64. The second-order valence-corrected chi connectivity index (χ2v) is 8.11. The van der Waals surface area contributed by atoms with E-state index in [1.54, 1.807) is 4.90 Å². The van der Waals surface area contributed by atoms with Crippen molar-refractivity contribution >= 4 is 15.7 Å². The van der Waals surface area contributed by atoms with Gasteiger partial charge in [0.25, 0.3) is 0 Å². The molecular formula is C12H22N2O4S. The Morgan fingerprint density at radius 3 is 2.84 bits per heavy atom. The van der Waals surface area contributed by atoms with E-state index in [-0.39, 0.29) is 35.4 Å². The van der Waals surface area contributed by atoms with Crippen molar-refractivity contribution in [3.63, 3.8) is 0 Å². The average Bonchev–Trinajstić information content (AvgIpc) is 2.26. The molecule has 1 amide bonds. The van der Waals surface area contributed by atoms with Crippen LogP contribution in [0.5, 0.6) is 0 Å². The van der Waals surface area contributed by atoms with Gasteiger partial charge in [-0.2, -0.15) is 0 Å². The first-order valence-corrected chi connectivity index (χ1v) is 8.44. The molecule has 1 N–H and O–H groups in total. The third-order valence-electron chi connectivity index (χ3n) is 3.67. The Hall–Kier alpha value is -0.660. The predicted molar refractivity (Wildman–Crippen MR) is 71.7 cm³/mol. The smallest absolute Gasteiger partial charge is 0.224 e. The van der Waals surface area contributed by atoms with Crippen molar-refractivity contribution in [1.29, 1.82) is 0 Å². The summed E-state index contributed by atoms with van der Waals surface area (Å²) in [7, 11) is -2.99. The maximum Gasteiger partial charge on any atom is 0.224 e. The number of nitrogens with one attached hydrogen (secondary N) is 1. The second-order valence-electron chi connectivity index (χ2n) is 5.88. The standard InChI is InChI=1S/C12H22N2O4S/c1-12(2)9-18-5-4-14(12)11(15)7-10-8-19(16,17)6-3-13-10/h10,13H,3-9H2,1-2H3. The van der Waals surface area contributed by atoms with Crippen molar-refractivity contribution in [2.75, 3.05) is 37.8 Å². The third kappa shape index (κ3) is 3.67. The van der Waals surface area contributed by atoms with Gasteiger partial charge in [-0.25, -0.2) is 8.42 Å². The van der Waals surface area contributed by atoms with Crippen molar-refractivity contribution < 1.29 is 17.9 Å². The highest BCUT2D eigenvalue weighted by Gasteiger charge is 2.36. The predicted octanol–water partition coefficient (Wildman–Crippen LogP) is -0.599. The van der Waals surface area contributed by atoms with Gasteiger partial charge in [0.15, 0.2) is 9.84 Å². The van der Waals surface area contributed by atoms with Crippen LogP contribution in [-0.2, 0) is 19.4 Å². The van der Waals surface area contributed by atoms with Crippen LogP contribution >= 0.6 is 0 Å². The second kappa shape index (κ2) is 5.38. The number of ether oxygens (including phenoxy) is 1. The van der Waals surface area contributed by atoms with E-state index in [1.165, 1.54) is 0 Å². The van der Waals surface area contributed by atoms with Crippen LogP contribution in [-0.4, -0.2) is 68.6 Å². The minimum Gasteiger partial charge on any atom is -0.377 e. The highest BCUT2D eigenvalue weighted by Crippen LogP contribution is 2.20. The third-order valence-corrected chi connectivity index (χ3v) is 5.40. The molecule has 2 heterocycles. The molecule has 1 unspecified atom stereocenters. The first-order chi connectivity index (χ1) is 8.80. The molecule has 0 radical (unpaired) electrons. The zero-order valence-electron chi connectivity index (χ0n) is 11.5. The molecule has 2 fully saturated rings. The minimum atomic E-state index is -2.99. The average molecular weight is 290 g/mol.